The van der Waals surface area contributed by atoms with Gasteiger partial charge in [-0.2, -0.15) is 0 Å². The molecule has 0 saturated carbocycles. The van der Waals surface area contributed by atoms with E-state index in [2.05, 4.69) is 10.3 Å². The van der Waals surface area contributed by atoms with E-state index in [0.29, 0.717) is 13.1 Å². The maximum Gasteiger partial charge on any atom is 0.260 e. The molecule has 3 rings (SSSR count). The van der Waals surface area contributed by atoms with Gasteiger partial charge in [-0.05, 0) is 19.1 Å². The highest BCUT2D eigenvalue weighted by Crippen LogP contribution is 2.20. The van der Waals surface area contributed by atoms with Crippen molar-refractivity contribution in [3.8, 4) is 5.75 Å². The number of aryl methyl sites for hydroxylation is 1. The molecule has 0 spiro atoms. The minimum absolute atomic E-state index is 0.00180. The van der Waals surface area contributed by atoms with E-state index in [-0.39, 0.29) is 18.6 Å². The standard InChI is InChI=1S/C14H16N4O2/c1-11-2-4-13(5-3-11)20-10-14(19)17-8-12(9-17)18-7-6-15-16-18/h2-7,12H,8-10H2,1H3. The number of likely N-dealkylation sites (tertiary alicyclic amines) is 1. The number of aromatic nitrogens is 3. The largest absolute Gasteiger partial charge is 0.484 e. The number of ether oxygens (including phenoxy) is 1. The van der Waals surface area contributed by atoms with E-state index in [0.717, 1.165) is 5.75 Å². The van der Waals surface area contributed by atoms with Crippen LogP contribution in [0.25, 0.3) is 0 Å². The third kappa shape index (κ3) is 2.64. The van der Waals surface area contributed by atoms with Gasteiger partial charge in [-0.25, -0.2) is 4.68 Å². The van der Waals surface area contributed by atoms with Crippen LogP contribution in [0.5, 0.6) is 5.75 Å². The van der Waals surface area contributed by atoms with Crippen LogP contribution in [0.1, 0.15) is 11.6 Å². The smallest absolute Gasteiger partial charge is 0.260 e. The Morgan fingerprint density at radius 2 is 2.10 bits per heavy atom. The zero-order valence-electron chi connectivity index (χ0n) is 11.3. The van der Waals surface area contributed by atoms with Crippen molar-refractivity contribution in [2.24, 2.45) is 0 Å². The molecule has 1 aromatic carbocycles. The molecular weight excluding hydrogens is 256 g/mol. The minimum atomic E-state index is 0.00180. The summed E-state index contributed by atoms with van der Waals surface area (Å²) in [5, 5.41) is 7.69. The summed E-state index contributed by atoms with van der Waals surface area (Å²) in [5.41, 5.74) is 1.17. The third-order valence-electron chi connectivity index (χ3n) is 3.41. The Kier molecular flexibility index (Phi) is 3.37. The predicted octanol–water partition coefficient (Wildman–Crippen LogP) is 1.05. The summed E-state index contributed by atoms with van der Waals surface area (Å²) in [7, 11) is 0. The lowest BCUT2D eigenvalue weighted by atomic mass is 10.1. The molecular formula is C14H16N4O2. The number of carbonyl (C=O) groups excluding carboxylic acids is 1. The minimum Gasteiger partial charge on any atom is -0.484 e. The molecule has 0 radical (unpaired) electrons. The molecule has 1 aliphatic rings. The summed E-state index contributed by atoms with van der Waals surface area (Å²) >= 11 is 0. The number of carbonyl (C=O) groups is 1. The second-order valence-corrected chi connectivity index (χ2v) is 4.94. The summed E-state index contributed by atoms with van der Waals surface area (Å²) in [6.07, 6.45) is 3.46. The fourth-order valence-corrected chi connectivity index (χ4v) is 2.11. The van der Waals surface area contributed by atoms with Crippen LogP contribution >= 0.6 is 0 Å². The summed E-state index contributed by atoms with van der Waals surface area (Å²) in [5.74, 6) is 0.722. The first-order chi connectivity index (χ1) is 9.72. The molecule has 2 aromatic rings. The Morgan fingerprint density at radius 1 is 1.35 bits per heavy atom. The van der Waals surface area contributed by atoms with Crippen LogP contribution in [0.2, 0.25) is 0 Å². The van der Waals surface area contributed by atoms with E-state index in [9.17, 15) is 4.79 Å². The number of hydrogen-bond acceptors (Lipinski definition) is 4. The van der Waals surface area contributed by atoms with Gasteiger partial charge in [0, 0.05) is 19.3 Å². The van der Waals surface area contributed by atoms with E-state index in [1.54, 1.807) is 15.8 Å². The molecule has 0 atom stereocenters. The van der Waals surface area contributed by atoms with Crippen molar-refractivity contribution in [1.82, 2.24) is 19.9 Å². The Bertz CT molecular complexity index is 574. The molecule has 0 bridgehead atoms. The zero-order chi connectivity index (χ0) is 13.9. The van der Waals surface area contributed by atoms with Crippen molar-refractivity contribution in [1.29, 1.82) is 0 Å². The lowest BCUT2D eigenvalue weighted by Crippen LogP contribution is -2.52. The van der Waals surface area contributed by atoms with Gasteiger partial charge in [0.2, 0.25) is 0 Å². The lowest BCUT2D eigenvalue weighted by Gasteiger charge is -2.38. The van der Waals surface area contributed by atoms with Crippen molar-refractivity contribution in [3.05, 3.63) is 42.2 Å². The molecule has 0 unspecified atom stereocenters. The maximum atomic E-state index is 11.9. The van der Waals surface area contributed by atoms with Crippen LogP contribution in [-0.4, -0.2) is 45.5 Å². The molecule has 1 aliphatic heterocycles. The molecule has 1 fully saturated rings. The van der Waals surface area contributed by atoms with Gasteiger partial charge in [0.05, 0.1) is 12.2 Å². The quantitative estimate of drug-likeness (QED) is 0.834. The van der Waals surface area contributed by atoms with Crippen molar-refractivity contribution in [2.75, 3.05) is 19.7 Å². The molecule has 1 saturated heterocycles. The molecule has 6 heteroatoms. The SMILES string of the molecule is Cc1ccc(OCC(=O)N2CC(n3ccnn3)C2)cc1. The first-order valence-electron chi connectivity index (χ1n) is 6.55. The molecule has 1 aromatic heterocycles. The van der Waals surface area contributed by atoms with E-state index >= 15 is 0 Å². The Morgan fingerprint density at radius 3 is 2.75 bits per heavy atom. The average molecular weight is 272 g/mol. The third-order valence-corrected chi connectivity index (χ3v) is 3.41. The number of benzene rings is 1. The average Bonchev–Trinajstić information content (AvgIpc) is 2.90. The van der Waals surface area contributed by atoms with Gasteiger partial charge in [-0.3, -0.25) is 4.79 Å². The zero-order valence-corrected chi connectivity index (χ0v) is 11.3. The summed E-state index contributed by atoms with van der Waals surface area (Å²) in [4.78, 5) is 13.7. The molecule has 6 nitrogen and oxygen atoms in total. The highest BCUT2D eigenvalue weighted by molar-refractivity contribution is 5.78. The van der Waals surface area contributed by atoms with Gasteiger partial charge in [0.25, 0.3) is 5.91 Å². The molecule has 1 amide bonds. The van der Waals surface area contributed by atoms with Crippen LogP contribution in [0.15, 0.2) is 36.7 Å². The van der Waals surface area contributed by atoms with Gasteiger partial charge in [-0.15, -0.1) is 5.10 Å². The number of nitrogens with zero attached hydrogens (tertiary/aromatic N) is 4. The second kappa shape index (κ2) is 5.32. The van der Waals surface area contributed by atoms with Gasteiger partial charge >= 0.3 is 0 Å². The normalized spacial score (nSPS) is 14.9. The first kappa shape index (κ1) is 12.7. The van der Waals surface area contributed by atoms with Crippen LogP contribution in [0.4, 0.5) is 0 Å². The second-order valence-electron chi connectivity index (χ2n) is 4.94. The summed E-state index contributed by atoms with van der Waals surface area (Å²) in [6, 6.07) is 7.91. The van der Waals surface area contributed by atoms with Crippen molar-refractivity contribution in [2.45, 2.75) is 13.0 Å². The number of amides is 1. The topological polar surface area (TPSA) is 60.2 Å². The summed E-state index contributed by atoms with van der Waals surface area (Å²) < 4.78 is 7.26. The van der Waals surface area contributed by atoms with Crippen molar-refractivity contribution in [3.63, 3.8) is 0 Å². The van der Waals surface area contributed by atoms with E-state index in [4.69, 9.17) is 4.74 Å². The monoisotopic (exact) mass is 272 g/mol. The van der Waals surface area contributed by atoms with E-state index < -0.39 is 0 Å². The Balaban J connectivity index is 1.46. The van der Waals surface area contributed by atoms with Gasteiger partial charge < -0.3 is 9.64 Å². The Hall–Kier alpha value is -2.37. The van der Waals surface area contributed by atoms with Gasteiger partial charge in [0.1, 0.15) is 5.75 Å². The highest BCUT2D eigenvalue weighted by Gasteiger charge is 2.32. The van der Waals surface area contributed by atoms with E-state index in [1.807, 2.05) is 37.4 Å². The van der Waals surface area contributed by atoms with Gasteiger partial charge in [-0.1, -0.05) is 22.9 Å². The van der Waals surface area contributed by atoms with Crippen LogP contribution in [-0.2, 0) is 4.79 Å². The summed E-state index contributed by atoms with van der Waals surface area (Å²) in [6.45, 7) is 3.42. The van der Waals surface area contributed by atoms with E-state index in [1.165, 1.54) is 5.56 Å². The molecule has 20 heavy (non-hydrogen) atoms. The maximum absolute atomic E-state index is 11.9. The van der Waals surface area contributed by atoms with Crippen molar-refractivity contribution < 1.29 is 9.53 Å². The molecule has 0 aliphatic carbocycles. The molecule has 104 valence electrons. The molecule has 0 N–H and O–H groups in total. The first-order valence-corrected chi connectivity index (χ1v) is 6.55. The van der Waals surface area contributed by atoms with Crippen molar-refractivity contribution >= 4 is 5.91 Å². The fraction of sp³-hybridized carbons (Fsp3) is 0.357. The number of hydrogen-bond donors (Lipinski definition) is 0. The van der Waals surface area contributed by atoms with Crippen LogP contribution in [0, 0.1) is 6.92 Å². The number of rotatable bonds is 4. The van der Waals surface area contributed by atoms with Crippen LogP contribution < -0.4 is 4.74 Å². The lowest BCUT2D eigenvalue weighted by molar-refractivity contribution is -0.139. The van der Waals surface area contributed by atoms with Gasteiger partial charge in [0.15, 0.2) is 6.61 Å². The Labute approximate surface area is 117 Å². The molecule has 2 heterocycles. The van der Waals surface area contributed by atoms with Crippen LogP contribution in [0.3, 0.4) is 0 Å². The highest BCUT2D eigenvalue weighted by atomic mass is 16.5. The predicted molar refractivity (Wildman–Crippen MR) is 72.3 cm³/mol. The fourth-order valence-electron chi connectivity index (χ4n) is 2.11.